The maximum absolute atomic E-state index is 14.0. The van der Waals surface area contributed by atoms with Gasteiger partial charge in [-0.3, -0.25) is 14.6 Å². The molecule has 40 heavy (non-hydrogen) atoms. The second-order valence-corrected chi connectivity index (χ2v) is 14.2. The predicted molar refractivity (Wildman–Crippen MR) is 156 cm³/mol. The van der Waals surface area contributed by atoms with Gasteiger partial charge < -0.3 is 15.2 Å². The summed E-state index contributed by atoms with van der Waals surface area (Å²) in [6, 6.07) is 12.3. The highest BCUT2D eigenvalue weighted by Gasteiger charge is 2.60. The molecular weight excluding hydrogens is 496 g/mol. The van der Waals surface area contributed by atoms with Gasteiger partial charge in [0.1, 0.15) is 0 Å². The number of nitrogens with zero attached hydrogens (tertiary/aromatic N) is 2. The lowest BCUT2D eigenvalue weighted by Gasteiger charge is -2.57. The number of rotatable bonds is 8. The SMILES string of the molecule is Cc1[nH]c2ccccc2c1[C@@H]1[C@@H](CC(=O)N(CC(=O)NC23CC4CC(CC(C4)C2)C3)Cc2cccnc2)C1(C)C. The zero-order chi connectivity index (χ0) is 27.6. The first-order chi connectivity index (χ1) is 19.2. The van der Waals surface area contributed by atoms with E-state index >= 15 is 0 Å². The van der Waals surface area contributed by atoms with E-state index in [1.54, 1.807) is 17.3 Å². The lowest BCUT2D eigenvalue weighted by atomic mass is 9.53. The number of amides is 2. The monoisotopic (exact) mass is 538 g/mol. The van der Waals surface area contributed by atoms with Crippen LogP contribution in [0.15, 0.2) is 48.8 Å². The predicted octanol–water partition coefficient (Wildman–Crippen LogP) is 6.11. The molecule has 3 aromatic rings. The van der Waals surface area contributed by atoms with Gasteiger partial charge in [-0.05, 0) is 104 Å². The van der Waals surface area contributed by atoms with E-state index in [4.69, 9.17) is 0 Å². The summed E-state index contributed by atoms with van der Waals surface area (Å²) in [7, 11) is 0. The second kappa shape index (κ2) is 9.46. The molecule has 2 atom stereocenters. The van der Waals surface area contributed by atoms with Crippen molar-refractivity contribution < 1.29 is 9.59 Å². The third kappa shape index (κ3) is 4.53. The van der Waals surface area contributed by atoms with Gasteiger partial charge in [-0.1, -0.05) is 38.1 Å². The molecule has 1 aromatic carbocycles. The molecule has 6 heteroatoms. The number of aromatic nitrogens is 2. The number of H-pyrrole nitrogens is 1. The summed E-state index contributed by atoms with van der Waals surface area (Å²) in [6.07, 6.45) is 11.4. The zero-order valence-corrected chi connectivity index (χ0v) is 24.1. The van der Waals surface area contributed by atoms with Crippen LogP contribution in [-0.4, -0.2) is 38.8 Å². The van der Waals surface area contributed by atoms with Crippen molar-refractivity contribution in [3.63, 3.8) is 0 Å². The number of carbonyl (C=O) groups excluding carboxylic acids is 2. The Bertz CT molecular complexity index is 1410. The van der Waals surface area contributed by atoms with Gasteiger partial charge in [0.05, 0.1) is 6.54 Å². The molecule has 8 rings (SSSR count). The summed E-state index contributed by atoms with van der Waals surface area (Å²) in [5, 5.41) is 4.75. The van der Waals surface area contributed by atoms with Crippen LogP contribution in [0.25, 0.3) is 10.9 Å². The van der Waals surface area contributed by atoms with E-state index in [1.165, 1.54) is 35.9 Å². The maximum atomic E-state index is 14.0. The number of hydrogen-bond acceptors (Lipinski definition) is 3. The van der Waals surface area contributed by atoms with E-state index in [1.807, 2.05) is 12.1 Å². The Morgan fingerprint density at radius 3 is 2.40 bits per heavy atom. The van der Waals surface area contributed by atoms with Crippen molar-refractivity contribution in [1.29, 1.82) is 0 Å². The van der Waals surface area contributed by atoms with Crippen LogP contribution in [0.4, 0.5) is 0 Å². The van der Waals surface area contributed by atoms with E-state index in [0.717, 1.165) is 48.1 Å². The van der Waals surface area contributed by atoms with Crippen molar-refractivity contribution in [2.45, 2.75) is 83.7 Å². The average molecular weight is 539 g/mol. The van der Waals surface area contributed by atoms with Crippen molar-refractivity contribution in [2.75, 3.05) is 6.54 Å². The van der Waals surface area contributed by atoms with Gasteiger partial charge in [0.25, 0.3) is 0 Å². The zero-order valence-electron chi connectivity index (χ0n) is 24.1. The highest BCUT2D eigenvalue weighted by Crippen LogP contribution is 2.67. The van der Waals surface area contributed by atoms with E-state index in [0.29, 0.717) is 18.9 Å². The van der Waals surface area contributed by atoms with Crippen LogP contribution >= 0.6 is 0 Å². The van der Waals surface area contributed by atoms with E-state index in [-0.39, 0.29) is 35.2 Å². The molecule has 0 aliphatic heterocycles. The number of carbonyl (C=O) groups is 2. The summed E-state index contributed by atoms with van der Waals surface area (Å²) in [5.74, 6) is 2.90. The molecule has 2 heterocycles. The third-order valence-electron chi connectivity index (χ3n) is 10.9. The Kier molecular flexibility index (Phi) is 6.10. The molecule has 2 N–H and O–H groups in total. The van der Waals surface area contributed by atoms with Crippen molar-refractivity contribution in [2.24, 2.45) is 29.1 Å². The molecule has 0 unspecified atom stereocenters. The molecule has 0 spiro atoms. The lowest BCUT2D eigenvalue weighted by molar-refractivity contribution is -0.139. The summed E-state index contributed by atoms with van der Waals surface area (Å²) in [6.45, 7) is 7.22. The Labute approximate surface area is 237 Å². The number of aromatic amines is 1. The number of pyridine rings is 1. The average Bonchev–Trinajstić information content (AvgIpc) is 3.24. The summed E-state index contributed by atoms with van der Waals surface area (Å²) in [4.78, 5) is 37.1. The van der Waals surface area contributed by atoms with Gasteiger partial charge in [0.2, 0.25) is 11.8 Å². The first-order valence-corrected chi connectivity index (χ1v) is 15.3. The van der Waals surface area contributed by atoms with Gasteiger partial charge in [-0.25, -0.2) is 0 Å². The van der Waals surface area contributed by atoms with E-state index in [9.17, 15) is 9.59 Å². The quantitative estimate of drug-likeness (QED) is 0.363. The molecule has 5 fully saturated rings. The summed E-state index contributed by atoms with van der Waals surface area (Å²) < 4.78 is 0. The molecule has 2 aromatic heterocycles. The van der Waals surface area contributed by atoms with Crippen molar-refractivity contribution in [3.05, 3.63) is 65.6 Å². The lowest BCUT2D eigenvalue weighted by Crippen LogP contribution is -2.61. The number of fused-ring (bicyclic) bond motifs is 1. The Morgan fingerprint density at radius 2 is 1.73 bits per heavy atom. The van der Waals surface area contributed by atoms with Crippen LogP contribution in [0.3, 0.4) is 0 Å². The minimum atomic E-state index is -0.0503. The van der Waals surface area contributed by atoms with Crippen molar-refractivity contribution >= 4 is 22.7 Å². The number of hydrogen-bond donors (Lipinski definition) is 2. The summed E-state index contributed by atoms with van der Waals surface area (Å²) >= 11 is 0. The van der Waals surface area contributed by atoms with E-state index < -0.39 is 0 Å². The molecule has 6 nitrogen and oxygen atoms in total. The number of para-hydroxylation sites is 1. The van der Waals surface area contributed by atoms with Crippen LogP contribution in [0.5, 0.6) is 0 Å². The molecule has 210 valence electrons. The van der Waals surface area contributed by atoms with Crippen LogP contribution in [0.2, 0.25) is 0 Å². The smallest absolute Gasteiger partial charge is 0.240 e. The fraction of sp³-hybridized carbons (Fsp3) is 0.559. The van der Waals surface area contributed by atoms with Crippen molar-refractivity contribution in [1.82, 2.24) is 20.2 Å². The van der Waals surface area contributed by atoms with Gasteiger partial charge in [0, 0.05) is 47.5 Å². The normalized spacial score (nSPS) is 31.3. The Hall–Kier alpha value is -3.15. The second-order valence-electron chi connectivity index (χ2n) is 14.2. The molecule has 0 radical (unpaired) electrons. The molecule has 4 bridgehead atoms. The molecule has 5 saturated carbocycles. The fourth-order valence-electron chi connectivity index (χ4n) is 9.43. The molecule has 5 aliphatic carbocycles. The minimum absolute atomic E-state index is 0.00160. The highest BCUT2D eigenvalue weighted by molar-refractivity contribution is 5.88. The molecular formula is C34H42N4O2. The largest absolute Gasteiger partial charge is 0.358 e. The van der Waals surface area contributed by atoms with Crippen LogP contribution < -0.4 is 5.32 Å². The standard InChI is InChI=1S/C34H42N4O2/c1-21-31(26-8-4-5-9-28(26)36-21)32-27(33(32,2)3)14-30(40)38(19-22-7-6-10-35-18-22)20-29(39)37-34-15-23-11-24(16-34)13-25(12-23)17-34/h4-10,18,23-25,27,32,36H,11-17,19-20H2,1-3H3,(H,37,39)/t23?,24?,25?,27-,32+,34?/m1/s1. The highest BCUT2D eigenvalue weighted by atomic mass is 16.2. The van der Waals surface area contributed by atoms with Crippen LogP contribution in [0, 0.1) is 36.0 Å². The Morgan fingerprint density at radius 1 is 1.02 bits per heavy atom. The van der Waals surface area contributed by atoms with Crippen molar-refractivity contribution in [3.8, 4) is 0 Å². The van der Waals surface area contributed by atoms with Crippen LogP contribution in [-0.2, 0) is 16.1 Å². The number of nitrogens with one attached hydrogen (secondary N) is 2. The van der Waals surface area contributed by atoms with Crippen LogP contribution in [0.1, 0.15) is 81.5 Å². The fourth-order valence-corrected chi connectivity index (χ4v) is 9.43. The Balaban J connectivity index is 1.09. The van der Waals surface area contributed by atoms with Gasteiger partial charge in [-0.2, -0.15) is 0 Å². The van der Waals surface area contributed by atoms with Gasteiger partial charge in [0.15, 0.2) is 0 Å². The first-order valence-electron chi connectivity index (χ1n) is 15.3. The third-order valence-corrected chi connectivity index (χ3v) is 10.9. The van der Waals surface area contributed by atoms with Gasteiger partial charge >= 0.3 is 0 Å². The molecule has 0 saturated heterocycles. The molecule has 5 aliphatic rings. The van der Waals surface area contributed by atoms with Gasteiger partial charge in [-0.15, -0.1) is 0 Å². The first kappa shape index (κ1) is 25.8. The minimum Gasteiger partial charge on any atom is -0.358 e. The summed E-state index contributed by atoms with van der Waals surface area (Å²) in [5.41, 5.74) is 4.62. The number of benzene rings is 1. The maximum Gasteiger partial charge on any atom is 0.240 e. The number of aryl methyl sites for hydroxylation is 1. The topological polar surface area (TPSA) is 78.1 Å². The molecule has 2 amide bonds. The van der Waals surface area contributed by atoms with E-state index in [2.05, 4.69) is 60.3 Å².